The molecule has 54 valence electrons. The molecule has 0 aliphatic carbocycles. The number of rotatable bonds is 5. The van der Waals surface area contributed by atoms with E-state index in [2.05, 4.69) is 24.5 Å². The standard InChI is InChI=1S/C6H14N2O/c1-6(2)3-7-4-8-5-9/h5-7H,3-4H2,1-2H3,(H,8,9). The first-order valence-corrected chi connectivity index (χ1v) is 3.15. The van der Waals surface area contributed by atoms with E-state index in [4.69, 9.17) is 0 Å². The Bertz CT molecular complexity index is 73.5. The van der Waals surface area contributed by atoms with Crippen molar-refractivity contribution >= 4 is 6.41 Å². The van der Waals surface area contributed by atoms with Crippen LogP contribution in [0.5, 0.6) is 0 Å². The topological polar surface area (TPSA) is 41.1 Å². The van der Waals surface area contributed by atoms with Gasteiger partial charge in [0.05, 0.1) is 6.67 Å². The lowest BCUT2D eigenvalue weighted by atomic mass is 10.2. The van der Waals surface area contributed by atoms with Crippen molar-refractivity contribution < 1.29 is 4.79 Å². The zero-order chi connectivity index (χ0) is 7.11. The number of carbonyl (C=O) groups excluding carboxylic acids is 1. The highest BCUT2D eigenvalue weighted by Crippen LogP contribution is 1.84. The van der Waals surface area contributed by atoms with Crippen molar-refractivity contribution in [2.45, 2.75) is 13.8 Å². The molecule has 0 saturated heterocycles. The van der Waals surface area contributed by atoms with Gasteiger partial charge in [-0.25, -0.2) is 0 Å². The number of hydrogen-bond acceptors (Lipinski definition) is 2. The first-order chi connectivity index (χ1) is 4.27. The van der Waals surface area contributed by atoms with Crippen molar-refractivity contribution in [1.29, 1.82) is 0 Å². The fourth-order valence-electron chi connectivity index (χ4n) is 0.475. The Labute approximate surface area is 55.8 Å². The summed E-state index contributed by atoms with van der Waals surface area (Å²) >= 11 is 0. The fourth-order valence-corrected chi connectivity index (χ4v) is 0.475. The molecule has 0 unspecified atom stereocenters. The summed E-state index contributed by atoms with van der Waals surface area (Å²) in [5.74, 6) is 0.637. The molecule has 0 fully saturated rings. The Morgan fingerprint density at radius 1 is 1.56 bits per heavy atom. The molecule has 0 aromatic carbocycles. The minimum Gasteiger partial charge on any atom is -0.346 e. The average molecular weight is 130 g/mol. The van der Waals surface area contributed by atoms with Gasteiger partial charge in [0.1, 0.15) is 0 Å². The zero-order valence-corrected chi connectivity index (χ0v) is 5.98. The normalized spacial score (nSPS) is 9.67. The Hall–Kier alpha value is -0.570. The van der Waals surface area contributed by atoms with E-state index in [0.717, 1.165) is 6.54 Å². The molecule has 0 atom stereocenters. The minimum atomic E-state index is 0.571. The van der Waals surface area contributed by atoms with Gasteiger partial charge in [-0.05, 0) is 12.5 Å². The number of amides is 1. The van der Waals surface area contributed by atoms with Crippen LogP contribution < -0.4 is 10.6 Å². The highest BCUT2D eigenvalue weighted by Gasteiger charge is 1.89. The molecule has 2 N–H and O–H groups in total. The predicted molar refractivity (Wildman–Crippen MR) is 36.9 cm³/mol. The molecule has 0 heterocycles. The van der Waals surface area contributed by atoms with Gasteiger partial charge in [-0.2, -0.15) is 0 Å². The lowest BCUT2D eigenvalue weighted by Crippen LogP contribution is -2.30. The van der Waals surface area contributed by atoms with Gasteiger partial charge in [-0.15, -0.1) is 0 Å². The molecule has 0 rings (SSSR count). The molecular weight excluding hydrogens is 116 g/mol. The molecule has 9 heavy (non-hydrogen) atoms. The van der Waals surface area contributed by atoms with E-state index < -0.39 is 0 Å². The largest absolute Gasteiger partial charge is 0.346 e. The molecule has 3 nitrogen and oxygen atoms in total. The molecule has 0 saturated carbocycles. The summed E-state index contributed by atoms with van der Waals surface area (Å²) in [5, 5.41) is 5.56. The first kappa shape index (κ1) is 8.43. The van der Waals surface area contributed by atoms with E-state index in [0.29, 0.717) is 19.0 Å². The summed E-state index contributed by atoms with van der Waals surface area (Å²) in [6.07, 6.45) is 0.688. The average Bonchev–Trinajstić information content (AvgIpc) is 1.80. The van der Waals surface area contributed by atoms with Crippen LogP contribution in [-0.2, 0) is 4.79 Å². The second-order valence-corrected chi connectivity index (χ2v) is 2.35. The summed E-state index contributed by atoms with van der Waals surface area (Å²) in [6, 6.07) is 0. The third kappa shape index (κ3) is 7.43. The van der Waals surface area contributed by atoms with Gasteiger partial charge in [0.25, 0.3) is 0 Å². The molecule has 0 spiro atoms. The van der Waals surface area contributed by atoms with Gasteiger partial charge in [0, 0.05) is 0 Å². The highest BCUT2D eigenvalue weighted by atomic mass is 16.1. The Morgan fingerprint density at radius 2 is 2.22 bits per heavy atom. The van der Waals surface area contributed by atoms with Crippen LogP contribution in [-0.4, -0.2) is 19.6 Å². The van der Waals surface area contributed by atoms with Crippen molar-refractivity contribution in [2.75, 3.05) is 13.2 Å². The fraction of sp³-hybridized carbons (Fsp3) is 0.833. The Kier molecular flexibility index (Phi) is 5.21. The zero-order valence-electron chi connectivity index (χ0n) is 5.98. The monoisotopic (exact) mass is 130 g/mol. The maximum Gasteiger partial charge on any atom is 0.208 e. The number of carbonyl (C=O) groups is 1. The molecule has 0 bridgehead atoms. The lowest BCUT2D eigenvalue weighted by Gasteiger charge is -2.04. The van der Waals surface area contributed by atoms with Crippen LogP contribution in [0.2, 0.25) is 0 Å². The molecule has 0 aromatic rings. The summed E-state index contributed by atoms with van der Waals surface area (Å²) in [6.45, 7) is 5.75. The van der Waals surface area contributed by atoms with E-state index in [1.54, 1.807) is 0 Å². The van der Waals surface area contributed by atoms with E-state index in [9.17, 15) is 4.79 Å². The van der Waals surface area contributed by atoms with Crippen LogP contribution in [0.4, 0.5) is 0 Å². The van der Waals surface area contributed by atoms with Gasteiger partial charge in [0.2, 0.25) is 6.41 Å². The highest BCUT2D eigenvalue weighted by molar-refractivity contribution is 5.45. The second-order valence-electron chi connectivity index (χ2n) is 2.35. The molecule has 0 radical (unpaired) electrons. The van der Waals surface area contributed by atoms with Gasteiger partial charge in [-0.1, -0.05) is 13.8 Å². The molecule has 3 heteroatoms. The molecule has 1 amide bonds. The molecule has 0 aromatic heterocycles. The quantitative estimate of drug-likeness (QED) is 0.311. The van der Waals surface area contributed by atoms with Crippen LogP contribution in [0.3, 0.4) is 0 Å². The number of nitrogens with one attached hydrogen (secondary N) is 2. The van der Waals surface area contributed by atoms with E-state index >= 15 is 0 Å². The summed E-state index contributed by atoms with van der Waals surface area (Å²) in [4.78, 5) is 9.70. The van der Waals surface area contributed by atoms with Crippen molar-refractivity contribution in [1.82, 2.24) is 10.6 Å². The van der Waals surface area contributed by atoms with Crippen LogP contribution >= 0.6 is 0 Å². The van der Waals surface area contributed by atoms with Crippen molar-refractivity contribution in [3.8, 4) is 0 Å². The summed E-state index contributed by atoms with van der Waals surface area (Å²) in [7, 11) is 0. The van der Waals surface area contributed by atoms with Gasteiger partial charge < -0.3 is 5.32 Å². The van der Waals surface area contributed by atoms with Crippen molar-refractivity contribution in [2.24, 2.45) is 5.92 Å². The first-order valence-electron chi connectivity index (χ1n) is 3.15. The SMILES string of the molecule is CC(C)CNCNC=O. The maximum absolute atomic E-state index is 9.70. The van der Waals surface area contributed by atoms with Crippen molar-refractivity contribution in [3.05, 3.63) is 0 Å². The third-order valence-corrected chi connectivity index (χ3v) is 0.863. The number of hydrogen-bond donors (Lipinski definition) is 2. The Balaban J connectivity index is 2.82. The minimum absolute atomic E-state index is 0.571. The van der Waals surface area contributed by atoms with Crippen LogP contribution in [0.25, 0.3) is 0 Å². The lowest BCUT2D eigenvalue weighted by molar-refractivity contribution is -0.109. The molecular formula is C6H14N2O. The van der Waals surface area contributed by atoms with Crippen LogP contribution in [0.15, 0.2) is 0 Å². The Morgan fingerprint density at radius 3 is 2.67 bits per heavy atom. The molecule has 0 aliphatic rings. The third-order valence-electron chi connectivity index (χ3n) is 0.863. The smallest absolute Gasteiger partial charge is 0.208 e. The second kappa shape index (κ2) is 5.56. The van der Waals surface area contributed by atoms with Gasteiger partial charge in [0.15, 0.2) is 0 Å². The molecule has 0 aliphatic heterocycles. The maximum atomic E-state index is 9.70. The van der Waals surface area contributed by atoms with E-state index in [-0.39, 0.29) is 0 Å². The summed E-state index contributed by atoms with van der Waals surface area (Å²) in [5.41, 5.74) is 0. The van der Waals surface area contributed by atoms with Crippen LogP contribution in [0, 0.1) is 5.92 Å². The van der Waals surface area contributed by atoms with E-state index in [1.807, 2.05) is 0 Å². The van der Waals surface area contributed by atoms with Gasteiger partial charge >= 0.3 is 0 Å². The van der Waals surface area contributed by atoms with Gasteiger partial charge in [-0.3, -0.25) is 10.1 Å². The van der Waals surface area contributed by atoms with E-state index in [1.165, 1.54) is 0 Å². The van der Waals surface area contributed by atoms with Crippen molar-refractivity contribution in [3.63, 3.8) is 0 Å². The summed E-state index contributed by atoms with van der Waals surface area (Å²) < 4.78 is 0. The van der Waals surface area contributed by atoms with Crippen LogP contribution in [0.1, 0.15) is 13.8 Å². The predicted octanol–water partition coefficient (Wildman–Crippen LogP) is -0.0645.